The van der Waals surface area contributed by atoms with E-state index >= 15 is 0 Å². The molecule has 0 atom stereocenters. The van der Waals surface area contributed by atoms with Crippen molar-refractivity contribution in [1.29, 1.82) is 0 Å². The van der Waals surface area contributed by atoms with Crippen LogP contribution in [0.5, 0.6) is 11.6 Å². The molecule has 0 unspecified atom stereocenters. The largest absolute Gasteiger partial charge is 0.616 e. The molecule has 30 heavy (non-hydrogen) atoms. The number of ether oxygens (including phenoxy) is 2. The number of rotatable bonds is 6. The molecule has 162 valence electrons. The molecule has 0 saturated carbocycles. The molecule has 1 fully saturated rings. The van der Waals surface area contributed by atoms with E-state index in [1.165, 1.54) is 7.11 Å². The highest BCUT2D eigenvalue weighted by molar-refractivity contribution is 5.94. The number of aromatic amines is 1. The van der Waals surface area contributed by atoms with Crippen molar-refractivity contribution in [2.75, 3.05) is 45.3 Å². The molecule has 2 aromatic rings. The first-order chi connectivity index (χ1) is 14.4. The van der Waals surface area contributed by atoms with Gasteiger partial charge in [-0.2, -0.15) is 0 Å². The van der Waals surface area contributed by atoms with Crippen LogP contribution in [0.1, 0.15) is 30.0 Å². The Morgan fingerprint density at radius 1 is 1.17 bits per heavy atom. The highest BCUT2D eigenvalue weighted by Gasteiger charge is 2.32. The number of nitrogens with zero attached hydrogens (tertiary/aromatic N) is 3. The van der Waals surface area contributed by atoms with Crippen molar-refractivity contribution in [2.45, 2.75) is 20.3 Å². The van der Waals surface area contributed by atoms with Gasteiger partial charge < -0.3 is 29.5 Å². The van der Waals surface area contributed by atoms with Crippen LogP contribution in [0.2, 0.25) is 0 Å². The van der Waals surface area contributed by atoms with Crippen molar-refractivity contribution in [2.24, 2.45) is 5.92 Å². The quantitative estimate of drug-likeness (QED) is 0.561. The molecule has 1 aromatic heterocycles. The van der Waals surface area contributed by atoms with Gasteiger partial charge in [-0.05, 0) is 18.1 Å². The van der Waals surface area contributed by atoms with Gasteiger partial charge in [0.05, 0.1) is 19.9 Å². The van der Waals surface area contributed by atoms with Crippen LogP contribution in [0.4, 0.5) is 5.69 Å². The van der Waals surface area contributed by atoms with E-state index in [1.54, 1.807) is 12.0 Å². The topological polar surface area (TPSA) is 102 Å². The lowest BCUT2D eigenvalue weighted by Gasteiger charge is -2.36. The molecule has 1 saturated heterocycles. The number of methoxy groups -OCH3 is 2. The summed E-state index contributed by atoms with van der Waals surface area (Å²) >= 11 is 0. The molecule has 1 amide bonds. The number of benzene rings is 1. The van der Waals surface area contributed by atoms with Crippen LogP contribution in [-0.2, 0) is 6.42 Å². The Kier molecular flexibility index (Phi) is 6.49. The Balaban J connectivity index is 1.80. The molecular formula is C21H28N4O5. The third kappa shape index (κ3) is 4.19. The second-order valence-corrected chi connectivity index (χ2v) is 7.63. The van der Waals surface area contributed by atoms with Gasteiger partial charge in [0, 0.05) is 32.6 Å². The van der Waals surface area contributed by atoms with Crippen molar-refractivity contribution >= 4 is 11.6 Å². The molecule has 1 N–H and O–H groups in total. The Morgan fingerprint density at radius 3 is 2.43 bits per heavy atom. The maximum absolute atomic E-state index is 13.1. The number of piperazine rings is 1. The van der Waals surface area contributed by atoms with Crippen LogP contribution in [0.25, 0.3) is 0 Å². The molecule has 1 aromatic carbocycles. The average molecular weight is 416 g/mol. The van der Waals surface area contributed by atoms with Gasteiger partial charge in [-0.15, -0.1) is 4.73 Å². The number of H-pyrrole nitrogens is 1. The zero-order valence-corrected chi connectivity index (χ0v) is 17.8. The first-order valence-corrected chi connectivity index (χ1v) is 9.97. The average Bonchev–Trinajstić information content (AvgIpc) is 2.75. The molecule has 0 spiro atoms. The lowest BCUT2D eigenvalue weighted by atomic mass is 10.1. The highest BCUT2D eigenvalue weighted by atomic mass is 16.5. The number of carbonyl (C=O) groups excluding carboxylic acids is 1. The molecule has 1 aliphatic rings. The van der Waals surface area contributed by atoms with E-state index < -0.39 is 11.5 Å². The van der Waals surface area contributed by atoms with Gasteiger partial charge in [0.15, 0.2) is 0 Å². The van der Waals surface area contributed by atoms with Crippen LogP contribution in [0.3, 0.4) is 0 Å². The molecular weight excluding hydrogens is 388 g/mol. The summed E-state index contributed by atoms with van der Waals surface area (Å²) in [5, 5.41) is 12.7. The molecule has 0 aliphatic carbocycles. The molecule has 0 radical (unpaired) electrons. The van der Waals surface area contributed by atoms with Crippen molar-refractivity contribution < 1.29 is 19.0 Å². The van der Waals surface area contributed by atoms with E-state index in [4.69, 9.17) is 9.47 Å². The van der Waals surface area contributed by atoms with Gasteiger partial charge in [0.1, 0.15) is 5.75 Å². The first-order valence-electron chi connectivity index (χ1n) is 9.97. The maximum Gasteiger partial charge on any atom is 0.409 e. The summed E-state index contributed by atoms with van der Waals surface area (Å²) in [6, 6.07) is 7.72. The Morgan fingerprint density at radius 2 is 1.83 bits per heavy atom. The number of carbonyl (C=O) groups is 1. The number of para-hydroxylation sites is 2. The summed E-state index contributed by atoms with van der Waals surface area (Å²) in [7, 11) is 2.94. The van der Waals surface area contributed by atoms with Crippen molar-refractivity contribution in [3.63, 3.8) is 0 Å². The fourth-order valence-electron chi connectivity index (χ4n) is 3.65. The number of nitrogens with one attached hydrogen (secondary N) is 1. The van der Waals surface area contributed by atoms with Crippen molar-refractivity contribution in [3.8, 4) is 11.6 Å². The zero-order valence-electron chi connectivity index (χ0n) is 17.8. The van der Waals surface area contributed by atoms with Crippen LogP contribution < -0.4 is 24.7 Å². The lowest BCUT2D eigenvalue weighted by Crippen LogP contribution is -2.51. The van der Waals surface area contributed by atoms with Crippen LogP contribution in [-0.4, -0.2) is 56.2 Å². The third-order valence-corrected chi connectivity index (χ3v) is 5.15. The summed E-state index contributed by atoms with van der Waals surface area (Å²) in [6.07, 6.45) is 0.293. The van der Waals surface area contributed by atoms with Crippen LogP contribution >= 0.6 is 0 Å². The minimum absolute atomic E-state index is 0.0411. The maximum atomic E-state index is 13.1. The lowest BCUT2D eigenvalue weighted by molar-refractivity contribution is -0.622. The third-order valence-electron chi connectivity index (χ3n) is 5.15. The molecule has 9 heteroatoms. The summed E-state index contributed by atoms with van der Waals surface area (Å²) in [5.41, 5.74) is 0.333. The molecule has 9 nitrogen and oxygen atoms in total. The number of hydrogen-bond donors (Lipinski definition) is 1. The Hall–Kier alpha value is -3.23. The van der Waals surface area contributed by atoms with E-state index in [2.05, 4.69) is 9.88 Å². The normalized spacial score (nSPS) is 14.2. The SMILES string of the molecule is COc1ccccc1N1CCN(C(=O)c2[nH]c(=O)c(CC(C)C)[n+]([O-])c2OC)CC1. The predicted octanol–water partition coefficient (Wildman–Crippen LogP) is 1.19. The number of anilines is 1. The first kappa shape index (κ1) is 21.5. The van der Waals surface area contributed by atoms with E-state index in [0.717, 1.165) is 11.4 Å². The Labute approximate surface area is 175 Å². The minimum Gasteiger partial charge on any atom is -0.616 e. The standard InChI is InChI=1S/C21H28N4O5/c1-14(2)13-16-19(26)22-18(21(30-4)25(16)28)20(27)24-11-9-23(10-12-24)15-7-5-6-8-17(15)29-3/h5-8,14H,9-13H2,1-4H3,(H,22,26). The fourth-order valence-corrected chi connectivity index (χ4v) is 3.65. The minimum atomic E-state index is -0.560. The zero-order chi connectivity index (χ0) is 21.8. The molecule has 3 rings (SSSR count). The van der Waals surface area contributed by atoms with Gasteiger partial charge in [-0.1, -0.05) is 26.0 Å². The van der Waals surface area contributed by atoms with E-state index in [9.17, 15) is 14.8 Å². The van der Waals surface area contributed by atoms with Crippen molar-refractivity contribution in [3.05, 3.63) is 51.2 Å². The van der Waals surface area contributed by atoms with Crippen molar-refractivity contribution in [1.82, 2.24) is 9.88 Å². The summed E-state index contributed by atoms with van der Waals surface area (Å²) < 4.78 is 11.1. The molecule has 2 heterocycles. The van der Waals surface area contributed by atoms with E-state index in [0.29, 0.717) is 37.3 Å². The predicted molar refractivity (Wildman–Crippen MR) is 112 cm³/mol. The number of hydrogen-bond acceptors (Lipinski definition) is 6. The van der Waals surface area contributed by atoms with Gasteiger partial charge in [0.25, 0.3) is 11.6 Å². The summed E-state index contributed by atoms with van der Waals surface area (Å²) in [5.74, 6) is 0.281. The van der Waals surface area contributed by atoms with Gasteiger partial charge in [0.2, 0.25) is 5.69 Å². The second-order valence-electron chi connectivity index (χ2n) is 7.63. The van der Waals surface area contributed by atoms with Gasteiger partial charge in [-0.25, -0.2) is 0 Å². The summed E-state index contributed by atoms with van der Waals surface area (Å²) in [6.45, 7) is 5.89. The molecule has 1 aliphatic heterocycles. The monoisotopic (exact) mass is 416 g/mol. The van der Waals surface area contributed by atoms with Crippen LogP contribution in [0, 0.1) is 11.1 Å². The fraction of sp³-hybridized carbons (Fsp3) is 0.476. The van der Waals surface area contributed by atoms with Gasteiger partial charge >= 0.3 is 11.4 Å². The number of amides is 1. The van der Waals surface area contributed by atoms with Gasteiger partial charge in [-0.3, -0.25) is 9.59 Å². The van der Waals surface area contributed by atoms with E-state index in [1.807, 2.05) is 38.1 Å². The number of aromatic nitrogens is 2. The van der Waals surface area contributed by atoms with E-state index in [-0.39, 0.29) is 23.2 Å². The molecule has 0 bridgehead atoms. The Bertz CT molecular complexity index is 964. The van der Waals surface area contributed by atoms with Crippen LogP contribution in [0.15, 0.2) is 29.1 Å². The second kappa shape index (κ2) is 9.06. The smallest absolute Gasteiger partial charge is 0.409 e. The summed E-state index contributed by atoms with van der Waals surface area (Å²) in [4.78, 5) is 31.8. The highest BCUT2D eigenvalue weighted by Crippen LogP contribution is 2.28.